The first-order chi connectivity index (χ1) is 9.49. The first-order valence-electron chi connectivity index (χ1n) is 7.89. The molecule has 1 aliphatic carbocycles. The van der Waals surface area contributed by atoms with Crippen molar-refractivity contribution in [2.75, 3.05) is 6.61 Å². The maximum absolute atomic E-state index is 12.1. The predicted octanol–water partition coefficient (Wildman–Crippen LogP) is 3.78. The molecule has 1 N–H and O–H groups in total. The Morgan fingerprint density at radius 2 is 1.75 bits per heavy atom. The molecule has 0 aromatic heterocycles. The van der Waals surface area contributed by atoms with E-state index in [9.17, 15) is 14.7 Å². The Bertz CT molecular complexity index is 316. The van der Waals surface area contributed by atoms with Crippen LogP contribution in [0, 0.1) is 11.3 Å². The van der Waals surface area contributed by atoms with E-state index in [1.165, 1.54) is 6.42 Å². The number of esters is 1. The third kappa shape index (κ3) is 4.80. The molecule has 20 heavy (non-hydrogen) atoms. The molecule has 116 valence electrons. The van der Waals surface area contributed by atoms with Crippen LogP contribution in [0.1, 0.15) is 71.6 Å². The van der Waals surface area contributed by atoms with Gasteiger partial charge in [0.2, 0.25) is 0 Å². The number of ether oxygens (including phenoxy) is 1. The number of carboxylic acid groups (broad SMARTS) is 1. The molecule has 0 unspecified atom stereocenters. The molecule has 1 fully saturated rings. The number of carbonyl (C=O) groups excluding carboxylic acids is 1. The van der Waals surface area contributed by atoms with Crippen molar-refractivity contribution in [3.63, 3.8) is 0 Å². The zero-order chi connectivity index (χ0) is 15.0. The van der Waals surface area contributed by atoms with Gasteiger partial charge >= 0.3 is 11.9 Å². The normalized spacial score (nSPS) is 17.9. The van der Waals surface area contributed by atoms with Crippen molar-refractivity contribution in [1.82, 2.24) is 0 Å². The fourth-order valence-electron chi connectivity index (χ4n) is 2.80. The SMILES string of the molecule is CC(C)CCCCCOC(=O)C1(C(=O)O)CCCCC1. The molecule has 0 bridgehead atoms. The van der Waals surface area contributed by atoms with Crippen LogP contribution in [-0.4, -0.2) is 23.7 Å². The maximum atomic E-state index is 12.1. The van der Waals surface area contributed by atoms with E-state index in [2.05, 4.69) is 13.8 Å². The molecule has 4 nitrogen and oxygen atoms in total. The Balaban J connectivity index is 2.31. The van der Waals surface area contributed by atoms with E-state index in [1.54, 1.807) is 0 Å². The van der Waals surface area contributed by atoms with E-state index in [4.69, 9.17) is 4.74 Å². The van der Waals surface area contributed by atoms with Crippen LogP contribution >= 0.6 is 0 Å². The minimum absolute atomic E-state index is 0.353. The number of rotatable bonds is 8. The lowest BCUT2D eigenvalue weighted by molar-refractivity contribution is -0.171. The molecule has 4 heteroatoms. The second-order valence-electron chi connectivity index (χ2n) is 6.33. The lowest BCUT2D eigenvalue weighted by Crippen LogP contribution is -2.42. The summed E-state index contributed by atoms with van der Waals surface area (Å²) in [6.45, 7) is 4.74. The molecule has 1 rings (SSSR count). The predicted molar refractivity (Wildman–Crippen MR) is 77.4 cm³/mol. The molecule has 0 aromatic carbocycles. The van der Waals surface area contributed by atoms with Gasteiger partial charge < -0.3 is 9.84 Å². The molecular weight excluding hydrogens is 256 g/mol. The smallest absolute Gasteiger partial charge is 0.323 e. The summed E-state index contributed by atoms with van der Waals surface area (Å²) in [7, 11) is 0. The summed E-state index contributed by atoms with van der Waals surface area (Å²) in [6.07, 6.45) is 7.65. The minimum atomic E-state index is -1.27. The lowest BCUT2D eigenvalue weighted by Gasteiger charge is -2.30. The second kappa shape index (κ2) is 8.28. The summed E-state index contributed by atoms with van der Waals surface area (Å²) >= 11 is 0. The molecular formula is C16H28O4. The van der Waals surface area contributed by atoms with Crippen LogP contribution in [0.15, 0.2) is 0 Å². The molecule has 0 aromatic rings. The first kappa shape index (κ1) is 17.0. The van der Waals surface area contributed by atoms with E-state index in [-0.39, 0.29) is 0 Å². The van der Waals surface area contributed by atoms with Gasteiger partial charge in [-0.05, 0) is 25.2 Å². The van der Waals surface area contributed by atoms with E-state index >= 15 is 0 Å². The lowest BCUT2D eigenvalue weighted by atomic mass is 9.74. The Morgan fingerprint density at radius 3 is 2.30 bits per heavy atom. The van der Waals surface area contributed by atoms with Gasteiger partial charge in [-0.3, -0.25) is 9.59 Å². The van der Waals surface area contributed by atoms with Crippen LogP contribution in [0.2, 0.25) is 0 Å². The Kier molecular flexibility index (Phi) is 7.03. The number of carboxylic acids is 1. The summed E-state index contributed by atoms with van der Waals surface area (Å²) in [5.74, 6) is -0.828. The Morgan fingerprint density at radius 1 is 1.10 bits per heavy atom. The van der Waals surface area contributed by atoms with Gasteiger partial charge in [-0.2, -0.15) is 0 Å². The fraction of sp³-hybridized carbons (Fsp3) is 0.875. The van der Waals surface area contributed by atoms with Gasteiger partial charge in [-0.1, -0.05) is 52.4 Å². The zero-order valence-corrected chi connectivity index (χ0v) is 12.8. The summed E-state index contributed by atoms with van der Waals surface area (Å²) in [5, 5.41) is 9.36. The van der Waals surface area contributed by atoms with Crippen LogP contribution in [0.25, 0.3) is 0 Å². The highest BCUT2D eigenvalue weighted by Crippen LogP contribution is 2.37. The highest BCUT2D eigenvalue weighted by atomic mass is 16.5. The van der Waals surface area contributed by atoms with Crippen molar-refractivity contribution < 1.29 is 19.4 Å². The van der Waals surface area contributed by atoms with Crippen molar-refractivity contribution >= 4 is 11.9 Å². The van der Waals surface area contributed by atoms with Crippen LogP contribution in [-0.2, 0) is 14.3 Å². The van der Waals surface area contributed by atoms with E-state index < -0.39 is 17.4 Å². The minimum Gasteiger partial charge on any atom is -0.480 e. The number of hydrogen-bond donors (Lipinski definition) is 1. The van der Waals surface area contributed by atoms with Crippen LogP contribution in [0.5, 0.6) is 0 Å². The van der Waals surface area contributed by atoms with E-state index in [0.29, 0.717) is 25.4 Å². The van der Waals surface area contributed by atoms with Gasteiger partial charge in [0.05, 0.1) is 6.61 Å². The second-order valence-corrected chi connectivity index (χ2v) is 6.33. The van der Waals surface area contributed by atoms with Crippen molar-refractivity contribution in [3.05, 3.63) is 0 Å². The summed E-state index contributed by atoms with van der Waals surface area (Å²) in [4.78, 5) is 23.5. The monoisotopic (exact) mass is 284 g/mol. The van der Waals surface area contributed by atoms with Gasteiger partial charge in [-0.25, -0.2) is 0 Å². The largest absolute Gasteiger partial charge is 0.480 e. The number of hydrogen-bond acceptors (Lipinski definition) is 3. The number of carbonyl (C=O) groups is 2. The third-order valence-corrected chi connectivity index (χ3v) is 4.17. The highest BCUT2D eigenvalue weighted by molar-refractivity contribution is 5.99. The molecule has 0 atom stereocenters. The molecule has 0 aliphatic heterocycles. The molecule has 0 heterocycles. The molecule has 0 spiro atoms. The number of unbranched alkanes of at least 4 members (excludes halogenated alkanes) is 2. The van der Waals surface area contributed by atoms with Crippen molar-refractivity contribution in [2.24, 2.45) is 11.3 Å². The molecule has 1 aliphatic rings. The standard InChI is InChI=1S/C16H28O4/c1-13(2)9-5-3-8-12-20-15(19)16(14(17)18)10-6-4-7-11-16/h13H,3-12H2,1-2H3,(H,17,18). The maximum Gasteiger partial charge on any atom is 0.323 e. The highest BCUT2D eigenvalue weighted by Gasteiger charge is 2.48. The average molecular weight is 284 g/mol. The van der Waals surface area contributed by atoms with Gasteiger partial charge in [0, 0.05) is 0 Å². The Labute approximate surface area is 121 Å². The van der Waals surface area contributed by atoms with Gasteiger partial charge in [0.25, 0.3) is 0 Å². The van der Waals surface area contributed by atoms with Crippen LogP contribution in [0.4, 0.5) is 0 Å². The van der Waals surface area contributed by atoms with Crippen molar-refractivity contribution in [1.29, 1.82) is 0 Å². The third-order valence-electron chi connectivity index (χ3n) is 4.17. The van der Waals surface area contributed by atoms with E-state index in [1.807, 2.05) is 0 Å². The Hall–Kier alpha value is -1.06. The topological polar surface area (TPSA) is 63.6 Å². The summed E-state index contributed by atoms with van der Waals surface area (Å²) < 4.78 is 5.23. The van der Waals surface area contributed by atoms with Gasteiger partial charge in [0.15, 0.2) is 5.41 Å². The van der Waals surface area contributed by atoms with Gasteiger partial charge in [0.1, 0.15) is 0 Å². The van der Waals surface area contributed by atoms with Crippen molar-refractivity contribution in [3.8, 4) is 0 Å². The molecule has 0 amide bonds. The number of aliphatic carboxylic acids is 1. The zero-order valence-electron chi connectivity index (χ0n) is 12.8. The molecule has 1 saturated carbocycles. The van der Waals surface area contributed by atoms with Gasteiger partial charge in [-0.15, -0.1) is 0 Å². The van der Waals surface area contributed by atoms with Crippen LogP contribution in [0.3, 0.4) is 0 Å². The van der Waals surface area contributed by atoms with Crippen LogP contribution < -0.4 is 0 Å². The fourth-order valence-corrected chi connectivity index (χ4v) is 2.80. The molecule has 0 saturated heterocycles. The van der Waals surface area contributed by atoms with E-state index in [0.717, 1.165) is 38.5 Å². The summed E-state index contributed by atoms with van der Waals surface area (Å²) in [6, 6.07) is 0. The summed E-state index contributed by atoms with van der Waals surface area (Å²) in [5.41, 5.74) is -1.27. The first-order valence-corrected chi connectivity index (χ1v) is 7.89. The quantitative estimate of drug-likeness (QED) is 0.418. The molecule has 0 radical (unpaired) electrons. The van der Waals surface area contributed by atoms with Crippen molar-refractivity contribution in [2.45, 2.75) is 71.6 Å². The average Bonchev–Trinajstić information content (AvgIpc) is 2.42.